The molecule has 0 unspecified atom stereocenters. The normalized spacial score (nSPS) is 11.1. The van der Waals surface area contributed by atoms with Gasteiger partial charge in [-0.1, -0.05) is 6.58 Å². The molecule has 0 aromatic carbocycles. The van der Waals surface area contributed by atoms with E-state index in [2.05, 4.69) is 11.6 Å². The van der Waals surface area contributed by atoms with E-state index in [0.717, 1.165) is 12.3 Å². The van der Waals surface area contributed by atoms with Gasteiger partial charge in [0, 0.05) is 13.2 Å². The van der Waals surface area contributed by atoms with Crippen molar-refractivity contribution in [2.75, 3.05) is 11.9 Å². The quantitative estimate of drug-likeness (QED) is 0.732. The van der Waals surface area contributed by atoms with E-state index in [-0.39, 0.29) is 0 Å². The van der Waals surface area contributed by atoms with E-state index in [1.54, 1.807) is 7.05 Å². The van der Waals surface area contributed by atoms with Crippen LogP contribution in [0.4, 0.5) is 19.0 Å². The van der Waals surface area contributed by atoms with Crippen LogP contribution in [-0.2, 0) is 6.18 Å². The zero-order valence-electron chi connectivity index (χ0n) is 7.54. The van der Waals surface area contributed by atoms with Crippen LogP contribution in [0.1, 0.15) is 5.56 Å². The van der Waals surface area contributed by atoms with Crippen molar-refractivity contribution < 1.29 is 13.2 Å². The van der Waals surface area contributed by atoms with Crippen LogP contribution in [0, 0.1) is 0 Å². The topological polar surface area (TPSA) is 16.1 Å². The summed E-state index contributed by atoms with van der Waals surface area (Å²) in [6.07, 6.45) is -2.07. The largest absolute Gasteiger partial charge is 0.417 e. The van der Waals surface area contributed by atoms with Crippen molar-refractivity contribution in [2.24, 2.45) is 0 Å². The Balaban J connectivity index is 2.95. The van der Waals surface area contributed by atoms with Gasteiger partial charge in [0.05, 0.1) is 5.56 Å². The van der Waals surface area contributed by atoms with E-state index < -0.39 is 11.7 Å². The monoisotopic (exact) mass is 202 g/mol. The third-order valence-corrected chi connectivity index (χ3v) is 1.71. The Bertz CT molecular complexity index is 316. The molecule has 0 aliphatic rings. The Morgan fingerprint density at radius 2 is 2.07 bits per heavy atom. The number of anilines is 1. The number of nitrogens with zero attached hydrogens (tertiary/aromatic N) is 2. The van der Waals surface area contributed by atoms with Crippen molar-refractivity contribution in [1.29, 1.82) is 0 Å². The fraction of sp³-hybridized carbons (Fsp3) is 0.222. The zero-order valence-corrected chi connectivity index (χ0v) is 7.54. The predicted molar refractivity (Wildman–Crippen MR) is 47.8 cm³/mol. The number of hydrogen-bond donors (Lipinski definition) is 0. The standard InChI is InChI=1S/C9H9F3N2/c1-3-14(2)8-5-4-7(6-13-8)9(10,11)12/h3-6H,1H2,2H3. The Kier molecular flexibility index (Phi) is 2.78. The summed E-state index contributed by atoms with van der Waals surface area (Å²) in [6, 6.07) is 2.28. The fourth-order valence-corrected chi connectivity index (χ4v) is 0.856. The predicted octanol–water partition coefficient (Wildman–Crippen LogP) is 2.68. The second kappa shape index (κ2) is 3.69. The van der Waals surface area contributed by atoms with Crippen molar-refractivity contribution >= 4 is 5.82 Å². The molecule has 0 aliphatic heterocycles. The lowest BCUT2D eigenvalue weighted by Crippen LogP contribution is -2.11. The summed E-state index contributed by atoms with van der Waals surface area (Å²) >= 11 is 0. The van der Waals surface area contributed by atoms with Gasteiger partial charge in [0.15, 0.2) is 0 Å². The van der Waals surface area contributed by atoms with Crippen molar-refractivity contribution in [3.8, 4) is 0 Å². The molecular formula is C9H9F3N2. The Labute approximate surface area is 79.7 Å². The van der Waals surface area contributed by atoms with Gasteiger partial charge >= 0.3 is 6.18 Å². The molecule has 0 atom stereocenters. The molecule has 0 radical (unpaired) electrons. The van der Waals surface area contributed by atoms with Crippen LogP contribution < -0.4 is 4.90 Å². The number of aromatic nitrogens is 1. The number of alkyl halides is 3. The second-order valence-electron chi connectivity index (χ2n) is 2.70. The van der Waals surface area contributed by atoms with Gasteiger partial charge in [0.2, 0.25) is 0 Å². The highest BCUT2D eigenvalue weighted by Crippen LogP contribution is 2.29. The first-order chi connectivity index (χ1) is 6.45. The summed E-state index contributed by atoms with van der Waals surface area (Å²) in [7, 11) is 1.66. The van der Waals surface area contributed by atoms with E-state index in [1.165, 1.54) is 17.2 Å². The molecule has 1 rings (SSSR count). The minimum atomic E-state index is -4.34. The van der Waals surface area contributed by atoms with E-state index in [9.17, 15) is 13.2 Å². The van der Waals surface area contributed by atoms with Gasteiger partial charge in [-0.15, -0.1) is 0 Å². The third-order valence-electron chi connectivity index (χ3n) is 1.71. The SMILES string of the molecule is C=CN(C)c1ccc(C(F)(F)F)cn1. The number of hydrogen-bond acceptors (Lipinski definition) is 2. The first-order valence-corrected chi connectivity index (χ1v) is 3.84. The molecule has 0 bridgehead atoms. The molecule has 0 amide bonds. The average molecular weight is 202 g/mol. The zero-order chi connectivity index (χ0) is 10.8. The molecule has 0 saturated heterocycles. The summed E-state index contributed by atoms with van der Waals surface area (Å²) in [5.41, 5.74) is -0.751. The maximum Gasteiger partial charge on any atom is 0.417 e. The van der Waals surface area contributed by atoms with Crippen molar-refractivity contribution in [2.45, 2.75) is 6.18 Å². The molecule has 14 heavy (non-hydrogen) atoms. The van der Waals surface area contributed by atoms with Crippen LogP contribution in [0.25, 0.3) is 0 Å². The highest BCUT2D eigenvalue weighted by Gasteiger charge is 2.30. The maximum atomic E-state index is 12.1. The van der Waals surface area contributed by atoms with Gasteiger partial charge in [-0.2, -0.15) is 13.2 Å². The molecule has 1 aromatic rings. The number of halogens is 3. The first-order valence-electron chi connectivity index (χ1n) is 3.84. The van der Waals surface area contributed by atoms with Crippen molar-refractivity contribution in [3.63, 3.8) is 0 Å². The van der Waals surface area contributed by atoms with Crippen molar-refractivity contribution in [1.82, 2.24) is 4.98 Å². The van der Waals surface area contributed by atoms with Gasteiger partial charge in [-0.05, 0) is 18.3 Å². The fourth-order valence-electron chi connectivity index (χ4n) is 0.856. The van der Waals surface area contributed by atoms with Gasteiger partial charge in [-0.25, -0.2) is 4.98 Å². The van der Waals surface area contributed by atoms with Crippen LogP contribution in [-0.4, -0.2) is 12.0 Å². The lowest BCUT2D eigenvalue weighted by Gasteiger charge is -2.13. The molecule has 0 aliphatic carbocycles. The van der Waals surface area contributed by atoms with Gasteiger partial charge in [0.1, 0.15) is 5.82 Å². The van der Waals surface area contributed by atoms with Crippen LogP contribution in [0.2, 0.25) is 0 Å². The molecule has 1 aromatic heterocycles. The summed E-state index contributed by atoms with van der Waals surface area (Å²) < 4.78 is 36.4. The van der Waals surface area contributed by atoms with Crippen LogP contribution >= 0.6 is 0 Å². The smallest absolute Gasteiger partial charge is 0.337 e. The minimum absolute atomic E-state index is 0.424. The lowest BCUT2D eigenvalue weighted by atomic mass is 10.3. The molecule has 0 N–H and O–H groups in total. The van der Waals surface area contributed by atoms with Gasteiger partial charge < -0.3 is 4.90 Å². The van der Waals surface area contributed by atoms with E-state index >= 15 is 0 Å². The summed E-state index contributed by atoms with van der Waals surface area (Å²) in [4.78, 5) is 5.18. The molecule has 5 heteroatoms. The molecule has 0 fully saturated rings. The maximum absolute atomic E-state index is 12.1. The van der Waals surface area contributed by atoms with E-state index in [4.69, 9.17) is 0 Å². The molecular weight excluding hydrogens is 193 g/mol. The Morgan fingerprint density at radius 1 is 1.43 bits per heavy atom. The van der Waals surface area contributed by atoms with Crippen LogP contribution in [0.5, 0.6) is 0 Å². The van der Waals surface area contributed by atoms with E-state index in [1.807, 2.05) is 0 Å². The third kappa shape index (κ3) is 2.25. The lowest BCUT2D eigenvalue weighted by molar-refractivity contribution is -0.137. The molecule has 2 nitrogen and oxygen atoms in total. The van der Waals surface area contributed by atoms with Crippen molar-refractivity contribution in [3.05, 3.63) is 36.7 Å². The summed E-state index contributed by atoms with van der Waals surface area (Å²) in [5.74, 6) is 0.424. The molecule has 76 valence electrons. The second-order valence-corrected chi connectivity index (χ2v) is 2.70. The van der Waals surface area contributed by atoms with Gasteiger partial charge in [0.25, 0.3) is 0 Å². The first kappa shape index (κ1) is 10.6. The molecule has 0 spiro atoms. The Morgan fingerprint density at radius 3 is 2.43 bits per heavy atom. The molecule has 0 saturated carbocycles. The average Bonchev–Trinajstić information content (AvgIpc) is 2.15. The minimum Gasteiger partial charge on any atom is -0.337 e. The van der Waals surface area contributed by atoms with E-state index in [0.29, 0.717) is 5.82 Å². The summed E-state index contributed by atoms with van der Waals surface area (Å²) in [5, 5.41) is 0. The summed E-state index contributed by atoms with van der Waals surface area (Å²) in [6.45, 7) is 3.47. The number of pyridine rings is 1. The Hall–Kier alpha value is -1.52. The highest BCUT2D eigenvalue weighted by atomic mass is 19.4. The van der Waals surface area contributed by atoms with Crippen LogP contribution in [0.15, 0.2) is 31.1 Å². The number of rotatable bonds is 2. The van der Waals surface area contributed by atoms with Crippen LogP contribution in [0.3, 0.4) is 0 Å². The van der Waals surface area contributed by atoms with Gasteiger partial charge in [-0.3, -0.25) is 0 Å². The molecule has 1 heterocycles. The highest BCUT2D eigenvalue weighted by molar-refractivity contribution is 5.41.